The van der Waals surface area contributed by atoms with Gasteiger partial charge in [-0.1, -0.05) is 29.8 Å². The molecule has 0 spiro atoms. The number of nitrogens with zero attached hydrogens (tertiary/aromatic N) is 3. The van der Waals surface area contributed by atoms with Crippen molar-refractivity contribution in [1.29, 1.82) is 0 Å². The summed E-state index contributed by atoms with van der Waals surface area (Å²) in [4.78, 5) is 34.9. The van der Waals surface area contributed by atoms with Crippen LogP contribution in [0.25, 0.3) is 11.3 Å². The molecule has 0 saturated heterocycles. The Morgan fingerprint density at radius 1 is 1.21 bits per heavy atom. The first-order valence-corrected chi connectivity index (χ1v) is 8.61. The molecule has 0 bridgehead atoms. The minimum atomic E-state index is -0.514. The third-order valence-electron chi connectivity index (χ3n) is 4.05. The fourth-order valence-electron chi connectivity index (χ4n) is 2.56. The predicted octanol–water partition coefficient (Wildman–Crippen LogP) is 3.42. The Kier molecular flexibility index (Phi) is 5.51. The number of nitro benzene ring substituents is 1. The normalized spacial score (nSPS) is 10.5. The number of amides is 1. The van der Waals surface area contributed by atoms with Gasteiger partial charge in [-0.3, -0.25) is 19.7 Å². The molecule has 28 heavy (non-hydrogen) atoms. The Morgan fingerprint density at radius 3 is 2.71 bits per heavy atom. The van der Waals surface area contributed by atoms with Crippen molar-refractivity contribution in [2.75, 3.05) is 5.32 Å². The minimum Gasteiger partial charge on any atom is -0.324 e. The molecule has 1 aromatic heterocycles. The maximum atomic E-state index is 12.3. The Labute approximate surface area is 164 Å². The average molecular weight is 399 g/mol. The second-order valence-corrected chi connectivity index (χ2v) is 6.39. The third-order valence-corrected chi connectivity index (χ3v) is 4.46. The largest absolute Gasteiger partial charge is 0.324 e. The van der Waals surface area contributed by atoms with Crippen LogP contribution in [0.1, 0.15) is 5.56 Å². The smallest absolute Gasteiger partial charge is 0.270 e. The molecule has 1 amide bonds. The van der Waals surface area contributed by atoms with E-state index in [0.717, 1.165) is 4.68 Å². The molecular weight excluding hydrogens is 384 g/mol. The van der Waals surface area contributed by atoms with E-state index in [1.807, 2.05) is 0 Å². The summed E-state index contributed by atoms with van der Waals surface area (Å²) < 4.78 is 1.00. The summed E-state index contributed by atoms with van der Waals surface area (Å²) >= 11 is 6.04. The van der Waals surface area contributed by atoms with Crippen molar-refractivity contribution in [3.05, 3.63) is 85.7 Å². The molecule has 3 rings (SSSR count). The summed E-state index contributed by atoms with van der Waals surface area (Å²) in [6.07, 6.45) is 0. The number of rotatable bonds is 5. The van der Waals surface area contributed by atoms with Gasteiger partial charge in [0.05, 0.1) is 10.6 Å². The molecule has 9 heteroatoms. The summed E-state index contributed by atoms with van der Waals surface area (Å²) in [6.45, 7) is 1.46. The van der Waals surface area contributed by atoms with Crippen molar-refractivity contribution in [3.63, 3.8) is 0 Å². The van der Waals surface area contributed by atoms with E-state index < -0.39 is 16.4 Å². The van der Waals surface area contributed by atoms with Gasteiger partial charge in [0.1, 0.15) is 6.54 Å². The second-order valence-electron chi connectivity index (χ2n) is 5.98. The van der Waals surface area contributed by atoms with Crippen molar-refractivity contribution in [2.45, 2.75) is 13.5 Å². The molecule has 0 atom stereocenters. The molecule has 1 N–H and O–H groups in total. The highest BCUT2D eigenvalue weighted by Crippen LogP contribution is 2.23. The van der Waals surface area contributed by atoms with Crippen molar-refractivity contribution < 1.29 is 9.72 Å². The quantitative estimate of drug-likeness (QED) is 0.523. The number of nitrogens with one attached hydrogen (secondary N) is 1. The Balaban J connectivity index is 1.85. The number of halogens is 1. The monoisotopic (exact) mass is 398 g/mol. The topological polar surface area (TPSA) is 107 Å². The van der Waals surface area contributed by atoms with E-state index in [4.69, 9.17) is 11.6 Å². The fraction of sp³-hybridized carbons (Fsp3) is 0.105. The maximum Gasteiger partial charge on any atom is 0.270 e. The number of non-ortho nitro benzene ring substituents is 1. The number of hydrogen-bond donors (Lipinski definition) is 1. The van der Waals surface area contributed by atoms with Gasteiger partial charge in [-0.15, -0.1) is 0 Å². The lowest BCUT2D eigenvalue weighted by atomic mass is 10.1. The Bertz CT molecular complexity index is 1130. The minimum absolute atomic E-state index is 0.0915. The van der Waals surface area contributed by atoms with Gasteiger partial charge in [0.25, 0.3) is 11.2 Å². The second kappa shape index (κ2) is 8.01. The summed E-state index contributed by atoms with van der Waals surface area (Å²) in [5.41, 5.74) is 1.51. The summed E-state index contributed by atoms with van der Waals surface area (Å²) in [7, 11) is 0. The fourth-order valence-corrected chi connectivity index (χ4v) is 2.74. The van der Waals surface area contributed by atoms with Crippen molar-refractivity contribution in [1.82, 2.24) is 9.78 Å². The van der Waals surface area contributed by atoms with Crippen LogP contribution in [0.5, 0.6) is 0 Å². The molecule has 0 aliphatic carbocycles. The van der Waals surface area contributed by atoms with Crippen molar-refractivity contribution >= 4 is 28.9 Å². The number of hydrogen-bond acceptors (Lipinski definition) is 5. The van der Waals surface area contributed by atoms with Crippen LogP contribution < -0.4 is 10.9 Å². The van der Waals surface area contributed by atoms with Crippen LogP contribution in [0.15, 0.2) is 59.4 Å². The first-order chi connectivity index (χ1) is 13.3. The zero-order valence-corrected chi connectivity index (χ0v) is 15.5. The molecule has 2 aromatic carbocycles. The van der Waals surface area contributed by atoms with Gasteiger partial charge in [0.2, 0.25) is 5.91 Å². The SMILES string of the molecule is Cc1c(Cl)cccc1NC(=O)Cn1nc(-c2cccc([N+](=O)[O-])c2)ccc1=O. The molecule has 3 aromatic rings. The predicted molar refractivity (Wildman–Crippen MR) is 105 cm³/mol. The molecule has 8 nitrogen and oxygen atoms in total. The van der Waals surface area contributed by atoms with Gasteiger partial charge in [-0.25, -0.2) is 4.68 Å². The first-order valence-electron chi connectivity index (χ1n) is 8.23. The van der Waals surface area contributed by atoms with Gasteiger partial charge in [0, 0.05) is 34.5 Å². The number of carbonyl (C=O) groups is 1. The van der Waals surface area contributed by atoms with E-state index in [-0.39, 0.29) is 12.2 Å². The summed E-state index contributed by atoms with van der Waals surface area (Å²) in [6, 6.07) is 13.7. The number of aromatic nitrogens is 2. The maximum absolute atomic E-state index is 12.3. The lowest BCUT2D eigenvalue weighted by Gasteiger charge is -2.11. The molecule has 0 saturated carbocycles. The van der Waals surface area contributed by atoms with E-state index in [1.54, 1.807) is 31.2 Å². The van der Waals surface area contributed by atoms with Crippen LogP contribution in [-0.4, -0.2) is 20.6 Å². The highest BCUT2D eigenvalue weighted by Gasteiger charge is 2.12. The molecule has 0 radical (unpaired) electrons. The lowest BCUT2D eigenvalue weighted by molar-refractivity contribution is -0.384. The zero-order chi connectivity index (χ0) is 20.3. The number of carbonyl (C=O) groups excluding carboxylic acids is 1. The first kappa shape index (κ1) is 19.2. The Hall–Kier alpha value is -3.52. The molecule has 0 aliphatic heterocycles. The standard InChI is InChI=1S/C19H15ClN4O4/c1-12-15(20)6-3-7-16(12)21-18(25)11-23-19(26)9-8-17(22-23)13-4-2-5-14(10-13)24(27)28/h2-10H,11H2,1H3,(H,21,25). The van der Waals surface area contributed by atoms with Crippen molar-refractivity contribution in [2.24, 2.45) is 0 Å². The van der Waals surface area contributed by atoms with Gasteiger partial charge in [-0.05, 0) is 30.7 Å². The summed E-state index contributed by atoms with van der Waals surface area (Å²) in [5, 5.41) is 18.3. The summed E-state index contributed by atoms with van der Waals surface area (Å²) in [5.74, 6) is -0.448. The van der Waals surface area contributed by atoms with Crippen LogP contribution in [0.2, 0.25) is 5.02 Å². The molecule has 0 unspecified atom stereocenters. The molecule has 142 valence electrons. The zero-order valence-electron chi connectivity index (χ0n) is 14.8. The van der Waals surface area contributed by atoms with E-state index in [2.05, 4.69) is 10.4 Å². The van der Waals surface area contributed by atoms with E-state index in [0.29, 0.717) is 27.5 Å². The van der Waals surface area contributed by atoms with Crippen LogP contribution in [0, 0.1) is 17.0 Å². The third kappa shape index (κ3) is 4.24. The van der Waals surface area contributed by atoms with Crippen LogP contribution in [0.4, 0.5) is 11.4 Å². The Morgan fingerprint density at radius 2 is 1.96 bits per heavy atom. The highest BCUT2D eigenvalue weighted by atomic mass is 35.5. The van der Waals surface area contributed by atoms with E-state index in [1.165, 1.54) is 30.3 Å². The van der Waals surface area contributed by atoms with E-state index >= 15 is 0 Å². The van der Waals surface area contributed by atoms with Crippen LogP contribution in [-0.2, 0) is 11.3 Å². The molecular formula is C19H15ClN4O4. The van der Waals surface area contributed by atoms with Gasteiger partial charge in [-0.2, -0.15) is 5.10 Å². The van der Waals surface area contributed by atoms with Gasteiger partial charge in [0.15, 0.2) is 0 Å². The van der Waals surface area contributed by atoms with Gasteiger partial charge < -0.3 is 5.32 Å². The van der Waals surface area contributed by atoms with Gasteiger partial charge >= 0.3 is 0 Å². The highest BCUT2D eigenvalue weighted by molar-refractivity contribution is 6.31. The number of nitro groups is 1. The van der Waals surface area contributed by atoms with Crippen LogP contribution >= 0.6 is 11.6 Å². The lowest BCUT2D eigenvalue weighted by Crippen LogP contribution is -2.29. The number of benzene rings is 2. The molecule has 0 fully saturated rings. The van der Waals surface area contributed by atoms with Crippen LogP contribution in [0.3, 0.4) is 0 Å². The molecule has 1 heterocycles. The molecule has 0 aliphatic rings. The van der Waals surface area contributed by atoms with Crippen molar-refractivity contribution in [3.8, 4) is 11.3 Å². The van der Waals surface area contributed by atoms with E-state index in [9.17, 15) is 19.7 Å². The number of anilines is 1. The average Bonchev–Trinajstić information content (AvgIpc) is 2.67.